The molecule has 0 amide bonds. The SMILES string of the molecule is CCN(CC)Cc1ccccc1NCC1CCCC1. The van der Waals surface area contributed by atoms with Crippen LogP contribution in [0.1, 0.15) is 45.1 Å². The summed E-state index contributed by atoms with van der Waals surface area (Å²) < 4.78 is 0. The van der Waals surface area contributed by atoms with E-state index in [1.807, 2.05) is 0 Å². The van der Waals surface area contributed by atoms with Crippen LogP contribution in [0, 0.1) is 5.92 Å². The quantitative estimate of drug-likeness (QED) is 0.793. The van der Waals surface area contributed by atoms with Gasteiger partial charge in [0.2, 0.25) is 0 Å². The lowest BCUT2D eigenvalue weighted by Gasteiger charge is -2.21. The van der Waals surface area contributed by atoms with Crippen molar-refractivity contribution >= 4 is 5.69 Å². The van der Waals surface area contributed by atoms with E-state index in [0.717, 1.165) is 32.1 Å². The average molecular weight is 260 g/mol. The van der Waals surface area contributed by atoms with Gasteiger partial charge in [-0.2, -0.15) is 0 Å². The first-order chi connectivity index (χ1) is 9.33. The van der Waals surface area contributed by atoms with Crippen molar-refractivity contribution in [1.29, 1.82) is 0 Å². The maximum absolute atomic E-state index is 3.68. The van der Waals surface area contributed by atoms with Gasteiger partial charge in [-0.25, -0.2) is 0 Å². The van der Waals surface area contributed by atoms with Crippen LogP contribution >= 0.6 is 0 Å². The predicted octanol–water partition coefficient (Wildman–Crippen LogP) is 4.13. The second-order valence-corrected chi connectivity index (χ2v) is 5.65. The minimum Gasteiger partial charge on any atom is -0.385 e. The maximum atomic E-state index is 3.68. The largest absolute Gasteiger partial charge is 0.385 e. The second kappa shape index (κ2) is 7.54. The van der Waals surface area contributed by atoms with Gasteiger partial charge < -0.3 is 5.32 Å². The Morgan fingerprint density at radius 1 is 1.11 bits per heavy atom. The highest BCUT2D eigenvalue weighted by atomic mass is 15.1. The fourth-order valence-electron chi connectivity index (χ4n) is 2.99. The van der Waals surface area contributed by atoms with E-state index in [-0.39, 0.29) is 0 Å². The smallest absolute Gasteiger partial charge is 0.0385 e. The molecule has 2 heteroatoms. The number of nitrogens with one attached hydrogen (secondary N) is 1. The zero-order chi connectivity index (χ0) is 13.5. The first-order valence-corrected chi connectivity index (χ1v) is 7.87. The Kier molecular flexibility index (Phi) is 5.71. The standard InChI is InChI=1S/C17H28N2/c1-3-19(4-2)14-16-11-7-8-12-17(16)18-13-15-9-5-6-10-15/h7-8,11-12,15,18H,3-6,9-10,13-14H2,1-2H3. The lowest BCUT2D eigenvalue weighted by molar-refractivity contribution is 0.296. The number of para-hydroxylation sites is 1. The average Bonchev–Trinajstić information content (AvgIpc) is 2.97. The van der Waals surface area contributed by atoms with Gasteiger partial charge >= 0.3 is 0 Å². The molecule has 0 saturated heterocycles. The van der Waals surface area contributed by atoms with Crippen LogP contribution in [0.5, 0.6) is 0 Å². The van der Waals surface area contributed by atoms with Gasteiger partial charge in [-0.15, -0.1) is 0 Å². The summed E-state index contributed by atoms with van der Waals surface area (Å²) in [5.74, 6) is 0.890. The predicted molar refractivity (Wildman–Crippen MR) is 83.5 cm³/mol. The number of hydrogen-bond acceptors (Lipinski definition) is 2. The van der Waals surface area contributed by atoms with Crippen molar-refractivity contribution in [3.63, 3.8) is 0 Å². The van der Waals surface area contributed by atoms with Crippen LogP contribution < -0.4 is 5.32 Å². The molecular weight excluding hydrogens is 232 g/mol. The molecule has 1 aromatic rings. The van der Waals surface area contributed by atoms with E-state index in [1.165, 1.54) is 36.9 Å². The van der Waals surface area contributed by atoms with Gasteiger partial charge in [-0.1, -0.05) is 44.9 Å². The van der Waals surface area contributed by atoms with Crippen LogP contribution in [0.3, 0.4) is 0 Å². The Bertz CT molecular complexity index is 365. The molecule has 0 heterocycles. The molecular formula is C17H28N2. The zero-order valence-corrected chi connectivity index (χ0v) is 12.5. The van der Waals surface area contributed by atoms with Gasteiger partial charge in [-0.05, 0) is 43.5 Å². The van der Waals surface area contributed by atoms with Crippen LogP contribution in [-0.2, 0) is 6.54 Å². The molecule has 0 bridgehead atoms. The third kappa shape index (κ3) is 4.24. The molecule has 0 unspecified atom stereocenters. The topological polar surface area (TPSA) is 15.3 Å². The molecule has 1 fully saturated rings. The highest BCUT2D eigenvalue weighted by Gasteiger charge is 2.15. The summed E-state index contributed by atoms with van der Waals surface area (Å²) >= 11 is 0. The number of benzene rings is 1. The summed E-state index contributed by atoms with van der Waals surface area (Å²) in [6.07, 6.45) is 5.66. The fraction of sp³-hybridized carbons (Fsp3) is 0.647. The van der Waals surface area contributed by atoms with E-state index in [0.29, 0.717) is 0 Å². The summed E-state index contributed by atoms with van der Waals surface area (Å²) in [7, 11) is 0. The highest BCUT2D eigenvalue weighted by molar-refractivity contribution is 5.51. The van der Waals surface area contributed by atoms with Crippen molar-refractivity contribution in [2.75, 3.05) is 25.0 Å². The summed E-state index contributed by atoms with van der Waals surface area (Å²) in [6.45, 7) is 8.91. The Hall–Kier alpha value is -1.02. The molecule has 19 heavy (non-hydrogen) atoms. The summed E-state index contributed by atoms with van der Waals surface area (Å²) in [6, 6.07) is 8.78. The van der Waals surface area contributed by atoms with Gasteiger partial charge in [0.25, 0.3) is 0 Å². The first kappa shape index (κ1) is 14.4. The van der Waals surface area contributed by atoms with Crippen LogP contribution in [-0.4, -0.2) is 24.5 Å². The van der Waals surface area contributed by atoms with Crippen LogP contribution in [0.4, 0.5) is 5.69 Å². The van der Waals surface area contributed by atoms with Gasteiger partial charge in [-0.3, -0.25) is 4.90 Å². The Labute approximate surface area is 118 Å². The number of hydrogen-bond donors (Lipinski definition) is 1. The minimum atomic E-state index is 0.890. The molecule has 0 atom stereocenters. The molecule has 0 radical (unpaired) electrons. The van der Waals surface area contributed by atoms with E-state index < -0.39 is 0 Å². The van der Waals surface area contributed by atoms with Crippen LogP contribution in [0.15, 0.2) is 24.3 Å². The third-order valence-corrected chi connectivity index (χ3v) is 4.36. The minimum absolute atomic E-state index is 0.890. The molecule has 0 spiro atoms. The summed E-state index contributed by atoms with van der Waals surface area (Å²) in [4.78, 5) is 2.47. The number of anilines is 1. The second-order valence-electron chi connectivity index (χ2n) is 5.65. The molecule has 0 aliphatic heterocycles. The fourth-order valence-corrected chi connectivity index (χ4v) is 2.99. The Morgan fingerprint density at radius 3 is 2.47 bits per heavy atom. The Morgan fingerprint density at radius 2 is 1.79 bits per heavy atom. The van der Waals surface area contributed by atoms with Crippen molar-refractivity contribution in [1.82, 2.24) is 4.90 Å². The van der Waals surface area contributed by atoms with E-state index in [9.17, 15) is 0 Å². The third-order valence-electron chi connectivity index (χ3n) is 4.36. The van der Waals surface area contributed by atoms with E-state index in [4.69, 9.17) is 0 Å². The lowest BCUT2D eigenvalue weighted by Crippen LogP contribution is -2.23. The molecule has 2 nitrogen and oxygen atoms in total. The van der Waals surface area contributed by atoms with E-state index >= 15 is 0 Å². The molecule has 1 aliphatic rings. The van der Waals surface area contributed by atoms with Gasteiger partial charge in [0.1, 0.15) is 0 Å². The van der Waals surface area contributed by atoms with Crippen molar-refractivity contribution in [2.45, 2.75) is 46.1 Å². The first-order valence-electron chi connectivity index (χ1n) is 7.87. The molecule has 1 N–H and O–H groups in total. The molecule has 1 aromatic carbocycles. The van der Waals surface area contributed by atoms with Crippen LogP contribution in [0.2, 0.25) is 0 Å². The van der Waals surface area contributed by atoms with Crippen molar-refractivity contribution in [3.05, 3.63) is 29.8 Å². The monoisotopic (exact) mass is 260 g/mol. The lowest BCUT2D eigenvalue weighted by atomic mass is 10.1. The van der Waals surface area contributed by atoms with Crippen molar-refractivity contribution in [2.24, 2.45) is 5.92 Å². The molecule has 2 rings (SSSR count). The number of rotatable bonds is 7. The molecule has 1 aliphatic carbocycles. The summed E-state index contributed by atoms with van der Waals surface area (Å²) in [5, 5.41) is 3.68. The normalized spacial score (nSPS) is 16.2. The highest BCUT2D eigenvalue weighted by Crippen LogP contribution is 2.26. The summed E-state index contributed by atoms with van der Waals surface area (Å²) in [5.41, 5.74) is 2.77. The van der Waals surface area contributed by atoms with Gasteiger partial charge in [0.05, 0.1) is 0 Å². The molecule has 106 valence electrons. The Balaban J connectivity index is 1.94. The van der Waals surface area contributed by atoms with Gasteiger partial charge in [0.15, 0.2) is 0 Å². The van der Waals surface area contributed by atoms with Crippen molar-refractivity contribution < 1.29 is 0 Å². The van der Waals surface area contributed by atoms with E-state index in [1.54, 1.807) is 0 Å². The molecule has 1 saturated carbocycles. The maximum Gasteiger partial charge on any atom is 0.0385 e. The van der Waals surface area contributed by atoms with Crippen molar-refractivity contribution in [3.8, 4) is 0 Å². The van der Waals surface area contributed by atoms with Crippen LogP contribution in [0.25, 0.3) is 0 Å². The molecule has 0 aromatic heterocycles. The van der Waals surface area contributed by atoms with E-state index in [2.05, 4.69) is 48.3 Å². The van der Waals surface area contributed by atoms with Gasteiger partial charge in [0, 0.05) is 18.8 Å². The number of nitrogens with zero attached hydrogens (tertiary/aromatic N) is 1. The zero-order valence-electron chi connectivity index (χ0n) is 12.5.